The van der Waals surface area contributed by atoms with Gasteiger partial charge in [-0.15, -0.1) is 10.3 Å². The van der Waals surface area contributed by atoms with Gasteiger partial charge < -0.3 is 0 Å². The summed E-state index contributed by atoms with van der Waals surface area (Å²) >= 11 is 1.84. The molecule has 0 radical (unpaired) electrons. The van der Waals surface area contributed by atoms with Crippen LogP contribution in [-0.2, 0) is 18.5 Å². The van der Waals surface area contributed by atoms with Crippen molar-refractivity contribution in [2.24, 2.45) is 5.92 Å². The van der Waals surface area contributed by atoms with Crippen LogP contribution in [0.1, 0.15) is 51.9 Å². The predicted molar refractivity (Wildman–Crippen MR) is 101 cm³/mol. The summed E-state index contributed by atoms with van der Waals surface area (Å²) in [5.74, 6) is 4.19. The largest absolute Gasteiger partial charge is 0.298 e. The summed E-state index contributed by atoms with van der Waals surface area (Å²) in [5.41, 5.74) is 0. The van der Waals surface area contributed by atoms with Gasteiger partial charge in [-0.05, 0) is 19.3 Å². The molecule has 2 rings (SSSR count). The topological polar surface area (TPSA) is 60.4 Å². The first kappa shape index (κ1) is 19.6. The van der Waals surface area contributed by atoms with Gasteiger partial charge >= 0.3 is 0 Å². The monoisotopic (exact) mass is 382 g/mol. The number of hydrogen-bond acceptors (Lipinski definition) is 5. The van der Waals surface area contributed by atoms with Crippen molar-refractivity contribution >= 4 is 38.0 Å². The standard InChI is InChI=1S/C16H30O4S3/c1-2-3-11-23(18,19)20-22(12-9-21-10-13-22)14-16(17)15-7-5-4-6-8-15/h15H,2-14H2,1H3. The Morgan fingerprint density at radius 3 is 2.43 bits per heavy atom. The van der Waals surface area contributed by atoms with Gasteiger partial charge in [0.2, 0.25) is 0 Å². The summed E-state index contributed by atoms with van der Waals surface area (Å²) < 4.78 is 30.4. The molecule has 1 aliphatic carbocycles. The van der Waals surface area contributed by atoms with E-state index in [1.54, 1.807) is 0 Å². The lowest BCUT2D eigenvalue weighted by atomic mass is 9.87. The lowest BCUT2D eigenvalue weighted by Gasteiger charge is -2.41. The Balaban J connectivity index is 2.04. The Kier molecular flexibility index (Phi) is 7.76. The van der Waals surface area contributed by atoms with Crippen LogP contribution in [0, 0.1) is 5.92 Å². The van der Waals surface area contributed by atoms with Crippen LogP contribution in [0.15, 0.2) is 0 Å². The van der Waals surface area contributed by atoms with E-state index in [9.17, 15) is 13.2 Å². The minimum absolute atomic E-state index is 0.0863. The van der Waals surface area contributed by atoms with Crippen LogP contribution in [0.3, 0.4) is 0 Å². The molecule has 1 aliphatic heterocycles. The second-order valence-corrected chi connectivity index (χ2v) is 12.9. The van der Waals surface area contributed by atoms with E-state index in [-0.39, 0.29) is 17.5 Å². The van der Waals surface area contributed by atoms with E-state index >= 15 is 0 Å². The normalized spacial score (nSPS) is 24.2. The van der Waals surface area contributed by atoms with Crippen molar-refractivity contribution in [3.8, 4) is 0 Å². The zero-order valence-corrected chi connectivity index (χ0v) is 16.6. The average molecular weight is 383 g/mol. The highest BCUT2D eigenvalue weighted by Crippen LogP contribution is 2.54. The molecule has 7 heteroatoms. The van der Waals surface area contributed by atoms with Crippen LogP contribution in [0.5, 0.6) is 0 Å². The van der Waals surface area contributed by atoms with E-state index in [0.717, 1.165) is 55.1 Å². The Labute approximate surface area is 147 Å². The van der Waals surface area contributed by atoms with Gasteiger partial charge in [0.05, 0.1) is 11.5 Å². The van der Waals surface area contributed by atoms with Crippen molar-refractivity contribution in [3.05, 3.63) is 0 Å². The van der Waals surface area contributed by atoms with E-state index in [0.29, 0.717) is 12.2 Å². The molecule has 136 valence electrons. The molecule has 4 nitrogen and oxygen atoms in total. The van der Waals surface area contributed by atoms with E-state index in [2.05, 4.69) is 0 Å². The molecule has 0 amide bonds. The van der Waals surface area contributed by atoms with Crippen molar-refractivity contribution < 1.29 is 16.8 Å². The zero-order chi connectivity index (χ0) is 16.8. The fraction of sp³-hybridized carbons (Fsp3) is 0.938. The zero-order valence-electron chi connectivity index (χ0n) is 14.1. The molecular weight excluding hydrogens is 352 g/mol. The molecule has 1 saturated heterocycles. The molecular formula is C16H30O4S3. The van der Waals surface area contributed by atoms with Crippen molar-refractivity contribution in [1.82, 2.24) is 0 Å². The van der Waals surface area contributed by atoms with Crippen LogP contribution < -0.4 is 0 Å². The van der Waals surface area contributed by atoms with E-state index in [4.69, 9.17) is 3.63 Å². The highest BCUT2D eigenvalue weighted by Gasteiger charge is 2.37. The SMILES string of the molecule is CCCCS(=O)(=O)OS1(CC(=O)C2CCCCC2)CCSCC1. The molecule has 0 N–H and O–H groups in total. The fourth-order valence-corrected chi connectivity index (χ4v) is 11.5. The second-order valence-electron chi connectivity index (χ2n) is 6.62. The summed E-state index contributed by atoms with van der Waals surface area (Å²) in [6, 6.07) is 0. The Bertz CT molecular complexity index is 478. The second kappa shape index (κ2) is 9.11. The average Bonchev–Trinajstić information content (AvgIpc) is 2.54. The minimum Gasteiger partial charge on any atom is -0.298 e. The molecule has 0 aromatic heterocycles. The minimum atomic E-state index is -3.50. The first-order chi connectivity index (χ1) is 11.0. The van der Waals surface area contributed by atoms with Gasteiger partial charge in [0.25, 0.3) is 10.1 Å². The molecule has 0 unspecified atom stereocenters. The summed E-state index contributed by atoms with van der Waals surface area (Å²) in [6.07, 6.45) is 6.90. The third kappa shape index (κ3) is 6.25. The number of unbranched alkanes of at least 4 members (excludes halogenated alkanes) is 1. The van der Waals surface area contributed by atoms with E-state index < -0.39 is 20.4 Å². The summed E-state index contributed by atoms with van der Waals surface area (Å²) in [6.45, 7) is 1.97. The van der Waals surface area contributed by atoms with Crippen LogP contribution in [0.4, 0.5) is 0 Å². The highest BCUT2D eigenvalue weighted by atomic mass is 32.3. The molecule has 0 aromatic carbocycles. The Morgan fingerprint density at radius 1 is 1.17 bits per heavy atom. The summed E-state index contributed by atoms with van der Waals surface area (Å²) in [4.78, 5) is 12.7. The van der Waals surface area contributed by atoms with Crippen LogP contribution >= 0.6 is 22.1 Å². The molecule has 2 fully saturated rings. The van der Waals surface area contributed by atoms with Gasteiger partial charge in [-0.2, -0.15) is 20.2 Å². The summed E-state index contributed by atoms with van der Waals surface area (Å²) in [7, 11) is -5.30. The van der Waals surface area contributed by atoms with Gasteiger partial charge in [-0.1, -0.05) is 32.6 Å². The number of ketones is 1. The van der Waals surface area contributed by atoms with Gasteiger partial charge in [0.1, 0.15) is 5.78 Å². The van der Waals surface area contributed by atoms with Gasteiger partial charge in [-0.25, -0.2) is 3.63 Å². The molecule has 1 heterocycles. The lowest BCUT2D eigenvalue weighted by Crippen LogP contribution is -2.32. The van der Waals surface area contributed by atoms with Crippen molar-refractivity contribution in [1.29, 1.82) is 0 Å². The van der Waals surface area contributed by atoms with Crippen molar-refractivity contribution in [3.63, 3.8) is 0 Å². The van der Waals surface area contributed by atoms with Gasteiger partial charge in [0, 0.05) is 28.9 Å². The van der Waals surface area contributed by atoms with Crippen LogP contribution in [-0.4, -0.2) is 48.7 Å². The highest BCUT2D eigenvalue weighted by molar-refractivity contribution is 8.34. The van der Waals surface area contributed by atoms with Gasteiger partial charge in [-0.3, -0.25) is 4.79 Å². The molecule has 2 aliphatic rings. The fourth-order valence-electron chi connectivity index (χ4n) is 3.24. The number of thioether (sulfide) groups is 1. The van der Waals surface area contributed by atoms with Crippen molar-refractivity contribution in [2.75, 3.05) is 34.5 Å². The molecule has 0 spiro atoms. The number of rotatable bonds is 8. The molecule has 0 aromatic rings. The van der Waals surface area contributed by atoms with Crippen LogP contribution in [0.25, 0.3) is 0 Å². The van der Waals surface area contributed by atoms with Crippen molar-refractivity contribution in [2.45, 2.75) is 51.9 Å². The number of Topliss-reactive ketones (excluding diaryl/α,β-unsaturated/α-hetero) is 1. The molecule has 1 saturated carbocycles. The summed E-state index contributed by atoms with van der Waals surface area (Å²) in [5, 5.41) is 0. The Morgan fingerprint density at radius 2 is 1.83 bits per heavy atom. The molecule has 23 heavy (non-hydrogen) atoms. The molecule has 0 atom stereocenters. The maximum absolute atomic E-state index is 12.7. The quantitative estimate of drug-likeness (QED) is 0.640. The third-order valence-corrected chi connectivity index (χ3v) is 11.6. The lowest BCUT2D eigenvalue weighted by molar-refractivity contribution is -0.121. The maximum Gasteiger partial charge on any atom is 0.276 e. The first-order valence-corrected chi connectivity index (χ1v) is 13.6. The predicted octanol–water partition coefficient (Wildman–Crippen LogP) is 3.75. The Hall–Kier alpha value is 0.280. The van der Waals surface area contributed by atoms with E-state index in [1.807, 2.05) is 18.7 Å². The van der Waals surface area contributed by atoms with E-state index in [1.165, 1.54) is 6.42 Å². The number of carbonyl (C=O) groups excluding carboxylic acids is 1. The smallest absolute Gasteiger partial charge is 0.276 e. The van der Waals surface area contributed by atoms with Gasteiger partial charge in [0.15, 0.2) is 0 Å². The molecule has 0 bridgehead atoms. The number of carbonyl (C=O) groups is 1. The maximum atomic E-state index is 12.7. The van der Waals surface area contributed by atoms with Crippen LogP contribution in [0.2, 0.25) is 0 Å². The first-order valence-electron chi connectivity index (χ1n) is 8.77. The number of hydrogen-bond donors (Lipinski definition) is 0. The third-order valence-electron chi connectivity index (χ3n) is 4.66.